The monoisotopic (exact) mass is 290 g/mol. The standard InChI is InChI=1S/C16H16F2N2O/c1-9-3-5-12(8-13(9)16(19)21)20-10(2)14-7-11(17)4-6-15(14)18/h3-8,10,20H,1-2H3,(H2,19,21)/t10-/m0/s1. The molecule has 0 aromatic heterocycles. The van der Waals surface area contributed by atoms with Crippen molar-refractivity contribution in [1.82, 2.24) is 0 Å². The molecular formula is C16H16F2N2O. The number of hydrogen-bond acceptors (Lipinski definition) is 2. The van der Waals surface area contributed by atoms with Gasteiger partial charge >= 0.3 is 0 Å². The second kappa shape index (κ2) is 5.91. The molecule has 110 valence electrons. The minimum atomic E-state index is -0.527. The smallest absolute Gasteiger partial charge is 0.249 e. The second-order valence-corrected chi connectivity index (χ2v) is 4.93. The first-order valence-corrected chi connectivity index (χ1v) is 6.50. The summed E-state index contributed by atoms with van der Waals surface area (Å²) in [6.07, 6.45) is 0. The number of anilines is 1. The van der Waals surface area contributed by atoms with Crippen LogP contribution in [0, 0.1) is 18.6 Å². The number of amides is 1. The van der Waals surface area contributed by atoms with E-state index in [9.17, 15) is 13.6 Å². The fourth-order valence-electron chi connectivity index (χ4n) is 2.15. The molecule has 21 heavy (non-hydrogen) atoms. The summed E-state index contributed by atoms with van der Waals surface area (Å²) in [6, 6.07) is 7.97. The third-order valence-corrected chi connectivity index (χ3v) is 3.31. The summed E-state index contributed by atoms with van der Waals surface area (Å²) in [5, 5.41) is 3.03. The summed E-state index contributed by atoms with van der Waals surface area (Å²) in [6.45, 7) is 3.49. The molecule has 0 saturated carbocycles. The van der Waals surface area contributed by atoms with Gasteiger partial charge in [-0.05, 0) is 49.7 Å². The van der Waals surface area contributed by atoms with Gasteiger partial charge in [0.1, 0.15) is 11.6 Å². The first-order valence-electron chi connectivity index (χ1n) is 6.50. The van der Waals surface area contributed by atoms with Gasteiger partial charge in [-0.3, -0.25) is 4.79 Å². The van der Waals surface area contributed by atoms with Gasteiger partial charge in [-0.2, -0.15) is 0 Å². The number of benzene rings is 2. The molecule has 0 aliphatic rings. The van der Waals surface area contributed by atoms with Crippen LogP contribution >= 0.6 is 0 Å². The topological polar surface area (TPSA) is 55.1 Å². The van der Waals surface area contributed by atoms with Crippen LogP contribution in [0.25, 0.3) is 0 Å². The minimum absolute atomic E-state index is 0.219. The molecule has 0 aliphatic heterocycles. The zero-order valence-corrected chi connectivity index (χ0v) is 11.8. The Morgan fingerprint density at radius 3 is 2.57 bits per heavy atom. The van der Waals surface area contributed by atoms with Crippen LogP contribution in [0.4, 0.5) is 14.5 Å². The van der Waals surface area contributed by atoms with Crippen molar-refractivity contribution in [3.63, 3.8) is 0 Å². The van der Waals surface area contributed by atoms with Crippen LogP contribution in [0.2, 0.25) is 0 Å². The van der Waals surface area contributed by atoms with Crippen molar-refractivity contribution in [1.29, 1.82) is 0 Å². The number of nitrogens with one attached hydrogen (secondary N) is 1. The van der Waals surface area contributed by atoms with Crippen molar-refractivity contribution in [3.05, 3.63) is 64.7 Å². The molecule has 0 spiro atoms. The molecule has 2 rings (SSSR count). The Bertz CT molecular complexity index is 686. The molecule has 0 heterocycles. The molecule has 3 N–H and O–H groups in total. The number of nitrogens with two attached hydrogens (primary N) is 1. The van der Waals surface area contributed by atoms with E-state index in [0.29, 0.717) is 11.3 Å². The number of rotatable bonds is 4. The molecule has 0 aliphatic carbocycles. The van der Waals surface area contributed by atoms with Crippen LogP contribution in [0.15, 0.2) is 36.4 Å². The Morgan fingerprint density at radius 2 is 1.90 bits per heavy atom. The van der Waals surface area contributed by atoms with Crippen LogP contribution in [-0.4, -0.2) is 5.91 Å². The summed E-state index contributed by atoms with van der Waals surface area (Å²) in [5.74, 6) is -1.51. The van der Waals surface area contributed by atoms with Gasteiger partial charge in [0.25, 0.3) is 0 Å². The van der Waals surface area contributed by atoms with E-state index in [0.717, 1.165) is 23.8 Å². The summed E-state index contributed by atoms with van der Waals surface area (Å²) in [5.41, 5.74) is 7.29. The average molecular weight is 290 g/mol. The molecule has 0 radical (unpaired) electrons. The maximum absolute atomic E-state index is 13.7. The molecular weight excluding hydrogens is 274 g/mol. The Morgan fingerprint density at radius 1 is 1.19 bits per heavy atom. The van der Waals surface area contributed by atoms with E-state index in [4.69, 9.17) is 5.73 Å². The average Bonchev–Trinajstić information content (AvgIpc) is 2.43. The molecule has 0 bridgehead atoms. The maximum Gasteiger partial charge on any atom is 0.249 e. The highest BCUT2D eigenvalue weighted by molar-refractivity contribution is 5.95. The van der Waals surface area contributed by atoms with E-state index in [1.54, 1.807) is 32.0 Å². The SMILES string of the molecule is Cc1ccc(N[C@@H](C)c2cc(F)ccc2F)cc1C(N)=O. The highest BCUT2D eigenvalue weighted by Gasteiger charge is 2.13. The van der Waals surface area contributed by atoms with Gasteiger partial charge < -0.3 is 11.1 Å². The van der Waals surface area contributed by atoms with E-state index in [1.807, 2.05) is 0 Å². The summed E-state index contributed by atoms with van der Waals surface area (Å²) >= 11 is 0. The Balaban J connectivity index is 2.27. The molecule has 5 heteroatoms. The number of halogens is 2. The van der Waals surface area contributed by atoms with Crippen LogP contribution in [0.3, 0.4) is 0 Å². The summed E-state index contributed by atoms with van der Waals surface area (Å²) in [7, 11) is 0. The number of aryl methyl sites for hydroxylation is 1. The molecule has 3 nitrogen and oxygen atoms in total. The third kappa shape index (κ3) is 3.37. The molecule has 0 saturated heterocycles. The van der Waals surface area contributed by atoms with Gasteiger partial charge in [-0.1, -0.05) is 6.07 Å². The van der Waals surface area contributed by atoms with Crippen molar-refractivity contribution in [3.8, 4) is 0 Å². The summed E-state index contributed by atoms with van der Waals surface area (Å²) < 4.78 is 26.9. The number of hydrogen-bond donors (Lipinski definition) is 2. The quantitative estimate of drug-likeness (QED) is 0.904. The van der Waals surface area contributed by atoms with Crippen molar-refractivity contribution in [2.45, 2.75) is 19.9 Å². The van der Waals surface area contributed by atoms with Crippen LogP contribution in [0.1, 0.15) is 34.5 Å². The van der Waals surface area contributed by atoms with Crippen LogP contribution in [-0.2, 0) is 0 Å². The summed E-state index contributed by atoms with van der Waals surface area (Å²) in [4.78, 5) is 11.3. The normalized spacial score (nSPS) is 12.0. The first-order chi connectivity index (χ1) is 9.88. The fraction of sp³-hybridized carbons (Fsp3) is 0.188. The number of primary amides is 1. The largest absolute Gasteiger partial charge is 0.378 e. The van der Waals surface area contributed by atoms with Gasteiger partial charge in [0.15, 0.2) is 0 Å². The van der Waals surface area contributed by atoms with Gasteiger partial charge in [-0.15, -0.1) is 0 Å². The molecule has 2 aromatic rings. The lowest BCUT2D eigenvalue weighted by molar-refractivity contribution is 0.0999. The van der Waals surface area contributed by atoms with E-state index < -0.39 is 23.6 Å². The highest BCUT2D eigenvalue weighted by Crippen LogP contribution is 2.24. The molecule has 0 fully saturated rings. The van der Waals surface area contributed by atoms with Crippen LogP contribution in [0.5, 0.6) is 0 Å². The van der Waals surface area contributed by atoms with Gasteiger partial charge in [0.2, 0.25) is 5.91 Å². The Hall–Kier alpha value is -2.43. The Kier molecular flexibility index (Phi) is 4.21. The van der Waals surface area contributed by atoms with E-state index in [-0.39, 0.29) is 5.56 Å². The zero-order valence-electron chi connectivity index (χ0n) is 11.8. The van der Waals surface area contributed by atoms with Crippen molar-refractivity contribution in [2.75, 3.05) is 5.32 Å². The van der Waals surface area contributed by atoms with Gasteiger partial charge in [-0.25, -0.2) is 8.78 Å². The lowest BCUT2D eigenvalue weighted by Crippen LogP contribution is -2.14. The highest BCUT2D eigenvalue weighted by atomic mass is 19.1. The second-order valence-electron chi connectivity index (χ2n) is 4.93. The minimum Gasteiger partial charge on any atom is -0.378 e. The first kappa shape index (κ1) is 15.0. The predicted octanol–water partition coefficient (Wildman–Crippen LogP) is 3.55. The van der Waals surface area contributed by atoms with Crippen molar-refractivity contribution < 1.29 is 13.6 Å². The molecule has 1 amide bonds. The molecule has 2 aromatic carbocycles. The maximum atomic E-state index is 13.7. The number of carbonyl (C=O) groups excluding carboxylic acids is 1. The Labute approximate surface area is 121 Å². The zero-order chi connectivity index (χ0) is 15.6. The lowest BCUT2D eigenvalue weighted by atomic mass is 10.0. The van der Waals surface area contributed by atoms with Gasteiger partial charge in [0.05, 0.1) is 6.04 Å². The van der Waals surface area contributed by atoms with Crippen LogP contribution < -0.4 is 11.1 Å². The van der Waals surface area contributed by atoms with E-state index >= 15 is 0 Å². The predicted molar refractivity (Wildman–Crippen MR) is 78.1 cm³/mol. The molecule has 1 atom stereocenters. The van der Waals surface area contributed by atoms with Gasteiger partial charge in [0, 0.05) is 16.8 Å². The fourth-order valence-corrected chi connectivity index (χ4v) is 2.15. The van der Waals surface area contributed by atoms with Crippen molar-refractivity contribution in [2.24, 2.45) is 5.73 Å². The lowest BCUT2D eigenvalue weighted by Gasteiger charge is -2.17. The third-order valence-electron chi connectivity index (χ3n) is 3.31. The van der Waals surface area contributed by atoms with Crippen molar-refractivity contribution >= 4 is 11.6 Å². The van der Waals surface area contributed by atoms with E-state index in [1.165, 1.54) is 0 Å². The number of carbonyl (C=O) groups is 1. The molecule has 0 unspecified atom stereocenters. The van der Waals surface area contributed by atoms with E-state index in [2.05, 4.69) is 5.32 Å².